The van der Waals surface area contributed by atoms with Crippen molar-refractivity contribution in [1.29, 1.82) is 0 Å². The van der Waals surface area contributed by atoms with Gasteiger partial charge in [0.1, 0.15) is 22.5 Å². The Morgan fingerprint density at radius 2 is 2.28 bits per heavy atom. The second kappa shape index (κ2) is 6.27. The van der Waals surface area contributed by atoms with Gasteiger partial charge in [0.15, 0.2) is 0 Å². The van der Waals surface area contributed by atoms with Crippen molar-refractivity contribution >= 4 is 23.2 Å². The van der Waals surface area contributed by atoms with E-state index in [1.807, 2.05) is 6.92 Å². The van der Waals surface area contributed by atoms with Crippen molar-refractivity contribution in [2.24, 2.45) is 5.41 Å². The highest BCUT2D eigenvalue weighted by Gasteiger charge is 2.66. The second-order valence-corrected chi connectivity index (χ2v) is 7.44. The predicted molar refractivity (Wildman–Crippen MR) is 91.5 cm³/mol. The number of carboxylic acid groups (broad SMARTS) is 1. The topological polar surface area (TPSA) is 102 Å². The predicted octanol–water partition coefficient (Wildman–Crippen LogP) is 2.79. The first kappa shape index (κ1) is 17.6. The molecule has 0 aromatic carbocycles. The molecule has 8 heteroatoms. The van der Waals surface area contributed by atoms with Crippen molar-refractivity contribution in [3.63, 3.8) is 0 Å². The van der Waals surface area contributed by atoms with Crippen LogP contribution < -0.4 is 5.32 Å². The first-order valence-corrected chi connectivity index (χ1v) is 8.85. The van der Waals surface area contributed by atoms with Crippen molar-refractivity contribution in [1.82, 2.24) is 10.3 Å². The SMILES string of the molecule is CCOC1CC(NC(=O)c2csc(-c3ccoc3)n2)(C(=O)O)C1(C)C. The first-order valence-electron chi connectivity index (χ1n) is 7.97. The van der Waals surface area contributed by atoms with E-state index in [4.69, 9.17) is 9.15 Å². The lowest BCUT2D eigenvalue weighted by Gasteiger charge is -2.58. The third-order valence-corrected chi connectivity index (χ3v) is 5.85. The molecule has 1 fully saturated rings. The van der Waals surface area contributed by atoms with Crippen molar-refractivity contribution in [3.05, 3.63) is 29.7 Å². The van der Waals surface area contributed by atoms with E-state index in [2.05, 4.69) is 10.3 Å². The van der Waals surface area contributed by atoms with Gasteiger partial charge in [-0.05, 0) is 13.0 Å². The number of nitrogens with one attached hydrogen (secondary N) is 1. The molecule has 7 nitrogen and oxygen atoms in total. The van der Waals surface area contributed by atoms with Gasteiger partial charge < -0.3 is 19.6 Å². The van der Waals surface area contributed by atoms with E-state index in [1.165, 1.54) is 17.6 Å². The molecular weight excluding hydrogens is 344 g/mol. The number of rotatable bonds is 6. The van der Waals surface area contributed by atoms with E-state index in [-0.39, 0.29) is 18.2 Å². The van der Waals surface area contributed by atoms with Crippen molar-refractivity contribution in [3.8, 4) is 10.6 Å². The van der Waals surface area contributed by atoms with Gasteiger partial charge in [0, 0.05) is 29.4 Å². The number of amides is 1. The zero-order valence-electron chi connectivity index (χ0n) is 14.2. The van der Waals surface area contributed by atoms with Crippen molar-refractivity contribution < 1.29 is 23.8 Å². The lowest BCUT2D eigenvalue weighted by atomic mass is 9.54. The number of aliphatic carboxylic acids is 1. The maximum Gasteiger partial charge on any atom is 0.330 e. The quantitative estimate of drug-likeness (QED) is 0.817. The maximum absolute atomic E-state index is 12.6. The van der Waals surface area contributed by atoms with Crippen LogP contribution in [0.25, 0.3) is 10.6 Å². The summed E-state index contributed by atoms with van der Waals surface area (Å²) >= 11 is 1.30. The second-order valence-electron chi connectivity index (χ2n) is 6.58. The number of hydrogen-bond donors (Lipinski definition) is 2. The van der Waals surface area contributed by atoms with Crippen LogP contribution in [-0.2, 0) is 9.53 Å². The number of furan rings is 1. The fourth-order valence-electron chi connectivity index (χ4n) is 3.19. The molecule has 134 valence electrons. The Morgan fingerprint density at radius 1 is 1.52 bits per heavy atom. The van der Waals surface area contributed by atoms with Gasteiger partial charge in [0.2, 0.25) is 0 Å². The maximum atomic E-state index is 12.6. The summed E-state index contributed by atoms with van der Waals surface area (Å²) in [6.45, 7) is 5.95. The van der Waals surface area contributed by atoms with Crippen LogP contribution in [-0.4, -0.2) is 40.2 Å². The number of hydrogen-bond acceptors (Lipinski definition) is 6. The highest BCUT2D eigenvalue weighted by molar-refractivity contribution is 7.13. The Hall–Kier alpha value is -2.19. The molecule has 0 radical (unpaired) electrons. The van der Waals surface area contributed by atoms with Gasteiger partial charge >= 0.3 is 5.97 Å². The fourth-order valence-corrected chi connectivity index (χ4v) is 3.98. The molecule has 2 unspecified atom stereocenters. The molecule has 1 aliphatic rings. The summed E-state index contributed by atoms with van der Waals surface area (Å²) in [4.78, 5) is 28.8. The largest absolute Gasteiger partial charge is 0.479 e. The molecule has 25 heavy (non-hydrogen) atoms. The lowest BCUT2D eigenvalue weighted by Crippen LogP contribution is -2.76. The van der Waals surface area contributed by atoms with E-state index in [1.54, 1.807) is 31.6 Å². The molecule has 3 rings (SSSR count). The minimum absolute atomic E-state index is 0.192. The van der Waals surface area contributed by atoms with Crippen LogP contribution in [0.2, 0.25) is 0 Å². The summed E-state index contributed by atoms with van der Waals surface area (Å²) in [5, 5.41) is 14.7. The van der Waals surface area contributed by atoms with Crippen LogP contribution in [0.1, 0.15) is 37.7 Å². The van der Waals surface area contributed by atoms with Gasteiger partial charge in [-0.1, -0.05) is 13.8 Å². The standard InChI is InChI=1S/C17H20N2O5S/c1-4-24-12-7-17(15(21)22,16(12,2)3)19-13(20)11-9-25-14(18-11)10-5-6-23-8-10/h5-6,8-9,12H,4,7H2,1-3H3,(H,19,20)(H,21,22). The lowest BCUT2D eigenvalue weighted by molar-refractivity contribution is -0.190. The first-order chi connectivity index (χ1) is 11.8. The Bertz CT molecular complexity index is 783. The van der Waals surface area contributed by atoms with Gasteiger partial charge in [-0.2, -0.15) is 0 Å². The number of nitrogens with zero attached hydrogens (tertiary/aromatic N) is 1. The van der Waals surface area contributed by atoms with E-state index < -0.39 is 22.8 Å². The molecule has 0 bridgehead atoms. The Kier molecular flexibility index (Phi) is 4.42. The van der Waals surface area contributed by atoms with Gasteiger partial charge in [-0.25, -0.2) is 9.78 Å². The Balaban J connectivity index is 1.80. The zero-order valence-corrected chi connectivity index (χ0v) is 15.1. The number of thiazole rings is 1. The molecule has 0 aliphatic heterocycles. The number of ether oxygens (including phenoxy) is 1. The van der Waals surface area contributed by atoms with Crippen LogP contribution >= 0.6 is 11.3 Å². The number of carboxylic acids is 1. The summed E-state index contributed by atoms with van der Waals surface area (Å²) in [6.07, 6.45) is 3.08. The summed E-state index contributed by atoms with van der Waals surface area (Å²) in [5.41, 5.74) is -1.13. The van der Waals surface area contributed by atoms with Crippen molar-refractivity contribution in [2.45, 2.75) is 38.8 Å². The Labute approximate surface area is 149 Å². The van der Waals surface area contributed by atoms with Crippen LogP contribution in [0.15, 0.2) is 28.4 Å². The smallest absolute Gasteiger partial charge is 0.330 e. The van der Waals surface area contributed by atoms with Gasteiger partial charge in [-0.3, -0.25) is 4.79 Å². The summed E-state index contributed by atoms with van der Waals surface area (Å²) in [5.74, 6) is -1.57. The van der Waals surface area contributed by atoms with Crippen LogP contribution in [0.3, 0.4) is 0 Å². The molecule has 1 aliphatic carbocycles. The highest BCUT2D eigenvalue weighted by Crippen LogP contribution is 2.51. The van der Waals surface area contributed by atoms with Crippen molar-refractivity contribution in [2.75, 3.05) is 6.61 Å². The average Bonchev–Trinajstić information content (AvgIpc) is 3.23. The third-order valence-electron chi connectivity index (χ3n) is 4.96. The molecule has 2 aromatic heterocycles. The molecule has 1 amide bonds. The molecule has 2 atom stereocenters. The van der Waals surface area contributed by atoms with E-state index in [0.29, 0.717) is 11.6 Å². The van der Waals surface area contributed by atoms with Crippen LogP contribution in [0, 0.1) is 5.41 Å². The van der Waals surface area contributed by atoms with Crippen LogP contribution in [0.4, 0.5) is 0 Å². The highest BCUT2D eigenvalue weighted by atomic mass is 32.1. The number of carbonyl (C=O) groups is 2. The van der Waals surface area contributed by atoms with Gasteiger partial charge in [-0.15, -0.1) is 11.3 Å². The third kappa shape index (κ3) is 2.75. The Morgan fingerprint density at radius 3 is 2.84 bits per heavy atom. The summed E-state index contributed by atoms with van der Waals surface area (Å²) in [7, 11) is 0. The zero-order chi connectivity index (χ0) is 18.2. The summed E-state index contributed by atoms with van der Waals surface area (Å²) in [6, 6.07) is 1.75. The van der Waals surface area contributed by atoms with E-state index >= 15 is 0 Å². The molecule has 0 spiro atoms. The molecule has 1 saturated carbocycles. The van der Waals surface area contributed by atoms with Crippen LogP contribution in [0.5, 0.6) is 0 Å². The normalized spacial score (nSPS) is 24.5. The van der Waals surface area contributed by atoms with E-state index in [9.17, 15) is 14.7 Å². The molecule has 2 heterocycles. The number of aromatic nitrogens is 1. The fraction of sp³-hybridized carbons (Fsp3) is 0.471. The molecular formula is C17H20N2O5S. The van der Waals surface area contributed by atoms with E-state index in [0.717, 1.165) is 5.56 Å². The minimum atomic E-state index is -1.37. The molecule has 2 N–H and O–H groups in total. The molecule has 0 saturated heterocycles. The minimum Gasteiger partial charge on any atom is -0.479 e. The van der Waals surface area contributed by atoms with Gasteiger partial charge in [0.25, 0.3) is 5.91 Å². The monoisotopic (exact) mass is 364 g/mol. The average molecular weight is 364 g/mol. The molecule has 2 aromatic rings. The number of carbonyl (C=O) groups excluding carboxylic acids is 1. The van der Waals surface area contributed by atoms with Gasteiger partial charge in [0.05, 0.1) is 12.4 Å². The summed E-state index contributed by atoms with van der Waals surface area (Å²) < 4.78 is 10.6.